The van der Waals surface area contributed by atoms with E-state index in [-0.39, 0.29) is 11.8 Å². The summed E-state index contributed by atoms with van der Waals surface area (Å²) >= 11 is 9.22. The number of halogens is 1. The molecule has 0 aromatic heterocycles. The molecule has 1 amide bonds. The molecule has 1 unspecified atom stereocenters. The summed E-state index contributed by atoms with van der Waals surface area (Å²) in [6, 6.07) is 15.8. The quantitative estimate of drug-likeness (QED) is 0.312. The Labute approximate surface area is 186 Å². The Morgan fingerprint density at radius 3 is 2.90 bits per heavy atom. The van der Waals surface area contributed by atoms with Gasteiger partial charge in [0.25, 0.3) is 0 Å². The summed E-state index contributed by atoms with van der Waals surface area (Å²) in [6.07, 6.45) is 3.80. The number of hydrogen-bond donors (Lipinski definition) is 1. The number of ether oxygens (including phenoxy) is 1. The van der Waals surface area contributed by atoms with Crippen LogP contribution in [0.1, 0.15) is 12.8 Å². The number of methoxy groups -OCH3 is 1. The number of hydrogen-bond acceptors (Lipinski definition) is 5. The van der Waals surface area contributed by atoms with Gasteiger partial charge in [0, 0.05) is 34.4 Å². The van der Waals surface area contributed by atoms with Gasteiger partial charge < -0.3 is 10.1 Å². The molecule has 0 aliphatic carbocycles. The van der Waals surface area contributed by atoms with Crippen LogP contribution in [-0.2, 0) is 4.79 Å². The molecule has 0 spiro atoms. The Hall–Kier alpha value is -1.60. The van der Waals surface area contributed by atoms with E-state index in [4.69, 9.17) is 16.3 Å². The smallest absolute Gasteiger partial charge is 0.224 e. The number of thioether (sulfide) groups is 1. The number of nitrogens with one attached hydrogen (secondary N) is 1. The van der Waals surface area contributed by atoms with Gasteiger partial charge in [0.15, 0.2) is 0 Å². The normalized spacial score (nSPS) is 17.0. The van der Waals surface area contributed by atoms with E-state index in [1.807, 2.05) is 42.5 Å². The highest BCUT2D eigenvalue weighted by atomic mass is 35.5. The molecule has 154 valence electrons. The number of carbonyl (C=O) groups excluding carboxylic acids is 1. The molecule has 1 aliphatic heterocycles. The van der Waals surface area contributed by atoms with Crippen molar-refractivity contribution >= 4 is 41.2 Å². The summed E-state index contributed by atoms with van der Waals surface area (Å²) in [5.74, 6) is 1.06. The van der Waals surface area contributed by atoms with Crippen molar-refractivity contribution in [2.45, 2.75) is 22.6 Å². The Kier molecular flexibility index (Phi) is 8.80. The van der Waals surface area contributed by atoms with Crippen molar-refractivity contribution in [2.24, 2.45) is 5.92 Å². The molecule has 1 heterocycles. The van der Waals surface area contributed by atoms with E-state index in [0.717, 1.165) is 46.5 Å². The minimum Gasteiger partial charge on any atom is -0.497 e. The average molecular weight is 449 g/mol. The minimum absolute atomic E-state index is 0.0560. The van der Waals surface area contributed by atoms with Crippen molar-refractivity contribution in [3.05, 3.63) is 65.0 Å². The fourth-order valence-electron chi connectivity index (χ4n) is 2.96. The van der Waals surface area contributed by atoms with Crippen LogP contribution in [0.3, 0.4) is 0 Å². The van der Waals surface area contributed by atoms with Crippen molar-refractivity contribution < 1.29 is 9.53 Å². The molecule has 7 heteroatoms. The molecule has 2 aromatic carbocycles. The van der Waals surface area contributed by atoms with Crippen molar-refractivity contribution in [3.63, 3.8) is 0 Å². The van der Waals surface area contributed by atoms with E-state index in [9.17, 15) is 4.79 Å². The molecular formula is C22H25ClN2O2S2. The third-order valence-electron chi connectivity index (χ3n) is 4.52. The summed E-state index contributed by atoms with van der Waals surface area (Å²) in [6.45, 7) is 2.35. The third-order valence-corrected chi connectivity index (χ3v) is 6.70. The highest BCUT2D eigenvalue weighted by Gasteiger charge is 2.28. The minimum atomic E-state index is 0.0560. The zero-order chi connectivity index (χ0) is 20.5. The SMILES string of the molecule is COc1cccc(SN2CCC(C(=O)NCC/C=C/Sc3ccc(Cl)cc3)C2)c1. The summed E-state index contributed by atoms with van der Waals surface area (Å²) < 4.78 is 7.52. The van der Waals surface area contributed by atoms with Gasteiger partial charge in [-0.15, -0.1) is 0 Å². The van der Waals surface area contributed by atoms with E-state index in [2.05, 4.69) is 27.2 Å². The van der Waals surface area contributed by atoms with Gasteiger partial charge in [-0.1, -0.05) is 35.5 Å². The van der Waals surface area contributed by atoms with Crippen LogP contribution in [0.15, 0.2) is 69.8 Å². The first-order valence-corrected chi connectivity index (χ1v) is 11.6. The average Bonchev–Trinajstić information content (AvgIpc) is 3.20. The summed E-state index contributed by atoms with van der Waals surface area (Å²) in [7, 11) is 1.67. The number of benzene rings is 2. The first-order chi connectivity index (χ1) is 14.1. The van der Waals surface area contributed by atoms with E-state index in [1.165, 1.54) is 0 Å². The number of rotatable bonds is 9. The van der Waals surface area contributed by atoms with Crippen LogP contribution in [0.4, 0.5) is 0 Å². The molecule has 0 bridgehead atoms. The monoisotopic (exact) mass is 448 g/mol. The maximum absolute atomic E-state index is 12.4. The fraction of sp³-hybridized carbons (Fsp3) is 0.318. The van der Waals surface area contributed by atoms with E-state index in [0.29, 0.717) is 6.54 Å². The van der Waals surface area contributed by atoms with Gasteiger partial charge in [0.05, 0.1) is 13.0 Å². The van der Waals surface area contributed by atoms with Gasteiger partial charge in [-0.2, -0.15) is 0 Å². The van der Waals surface area contributed by atoms with Gasteiger partial charge in [-0.25, -0.2) is 4.31 Å². The van der Waals surface area contributed by atoms with E-state index in [1.54, 1.807) is 30.8 Å². The first-order valence-electron chi connectivity index (χ1n) is 9.56. The molecule has 4 nitrogen and oxygen atoms in total. The van der Waals surface area contributed by atoms with Crippen LogP contribution in [0.2, 0.25) is 5.02 Å². The van der Waals surface area contributed by atoms with Gasteiger partial charge in [-0.05, 0) is 72.7 Å². The molecule has 1 saturated heterocycles. The van der Waals surface area contributed by atoms with Gasteiger partial charge >= 0.3 is 0 Å². The lowest BCUT2D eigenvalue weighted by Gasteiger charge is -2.15. The number of carbonyl (C=O) groups is 1. The Balaban J connectivity index is 1.33. The zero-order valence-corrected chi connectivity index (χ0v) is 18.7. The molecule has 29 heavy (non-hydrogen) atoms. The van der Waals surface area contributed by atoms with E-state index >= 15 is 0 Å². The van der Waals surface area contributed by atoms with E-state index < -0.39 is 0 Å². The topological polar surface area (TPSA) is 41.6 Å². The molecule has 2 aromatic rings. The Bertz CT molecular complexity index is 830. The molecule has 1 N–H and O–H groups in total. The van der Waals surface area contributed by atoms with Crippen molar-refractivity contribution in [1.29, 1.82) is 0 Å². The predicted molar refractivity (Wildman–Crippen MR) is 123 cm³/mol. The second-order valence-corrected chi connectivity index (χ2v) is 9.25. The van der Waals surface area contributed by atoms with Crippen molar-refractivity contribution in [3.8, 4) is 5.75 Å². The molecule has 1 fully saturated rings. The van der Waals surface area contributed by atoms with Crippen LogP contribution in [-0.4, -0.2) is 37.0 Å². The van der Waals surface area contributed by atoms with Crippen LogP contribution in [0.25, 0.3) is 0 Å². The Morgan fingerprint density at radius 2 is 2.10 bits per heavy atom. The van der Waals surface area contributed by atoms with Gasteiger partial charge in [0.1, 0.15) is 5.75 Å². The summed E-state index contributed by atoms with van der Waals surface area (Å²) in [5, 5.41) is 5.86. The maximum atomic E-state index is 12.4. The Morgan fingerprint density at radius 1 is 1.28 bits per heavy atom. The molecule has 1 aliphatic rings. The molecule has 3 rings (SSSR count). The zero-order valence-electron chi connectivity index (χ0n) is 16.3. The largest absolute Gasteiger partial charge is 0.497 e. The summed E-state index contributed by atoms with van der Waals surface area (Å²) in [4.78, 5) is 14.7. The lowest BCUT2D eigenvalue weighted by Crippen LogP contribution is -2.32. The maximum Gasteiger partial charge on any atom is 0.224 e. The van der Waals surface area contributed by atoms with Crippen LogP contribution >= 0.6 is 35.3 Å². The van der Waals surface area contributed by atoms with Crippen molar-refractivity contribution in [2.75, 3.05) is 26.7 Å². The number of amides is 1. The highest BCUT2D eigenvalue weighted by Crippen LogP contribution is 2.31. The standard InChI is InChI=1S/C22H25ClN2O2S2/c1-27-19-5-4-6-21(15-19)29-25-13-11-17(16-25)22(26)24-12-2-3-14-28-20-9-7-18(23)8-10-20/h3-10,14-15,17H,2,11-13,16H2,1H3,(H,24,26)/b14-3+. The van der Waals surface area contributed by atoms with Crippen LogP contribution in [0.5, 0.6) is 5.75 Å². The molecule has 0 radical (unpaired) electrons. The lowest BCUT2D eigenvalue weighted by atomic mass is 10.1. The van der Waals surface area contributed by atoms with Crippen molar-refractivity contribution in [1.82, 2.24) is 9.62 Å². The van der Waals surface area contributed by atoms with Crippen LogP contribution < -0.4 is 10.1 Å². The predicted octanol–water partition coefficient (Wildman–Crippen LogP) is 5.49. The van der Waals surface area contributed by atoms with Gasteiger partial charge in [0.2, 0.25) is 5.91 Å². The highest BCUT2D eigenvalue weighted by molar-refractivity contribution is 8.02. The second kappa shape index (κ2) is 11.6. The number of nitrogens with zero attached hydrogens (tertiary/aromatic N) is 1. The van der Waals surface area contributed by atoms with Gasteiger partial charge in [-0.3, -0.25) is 4.79 Å². The fourth-order valence-corrected chi connectivity index (χ4v) is 4.83. The van der Waals surface area contributed by atoms with Crippen LogP contribution in [0, 0.1) is 5.92 Å². The molecular weight excluding hydrogens is 424 g/mol. The third kappa shape index (κ3) is 7.30. The second-order valence-electron chi connectivity index (χ2n) is 6.67. The molecule has 0 saturated carbocycles. The molecule has 1 atom stereocenters. The first kappa shape index (κ1) is 22.1. The lowest BCUT2D eigenvalue weighted by molar-refractivity contribution is -0.124. The summed E-state index contributed by atoms with van der Waals surface area (Å²) in [5.41, 5.74) is 0.